The van der Waals surface area contributed by atoms with Gasteiger partial charge in [-0.1, -0.05) is 13.8 Å². The molecule has 1 fully saturated rings. The summed E-state index contributed by atoms with van der Waals surface area (Å²) < 4.78 is 7.76. The van der Waals surface area contributed by atoms with E-state index in [-0.39, 0.29) is 0 Å². The number of imidazole rings is 1. The summed E-state index contributed by atoms with van der Waals surface area (Å²) in [6.07, 6.45) is 7.10. The van der Waals surface area contributed by atoms with Crippen molar-refractivity contribution in [3.05, 3.63) is 11.9 Å². The second-order valence-corrected chi connectivity index (χ2v) is 6.51. The van der Waals surface area contributed by atoms with Gasteiger partial charge >= 0.3 is 0 Å². The van der Waals surface area contributed by atoms with E-state index in [9.17, 15) is 0 Å². The lowest BCUT2D eigenvalue weighted by molar-refractivity contribution is 0.147. The van der Waals surface area contributed by atoms with E-state index in [1.54, 1.807) is 0 Å². The minimum Gasteiger partial charge on any atom is -0.382 e. The topological polar surface area (TPSA) is 39.1 Å². The molecule has 4 nitrogen and oxygen atoms in total. The molecular weight excluding hydrogens is 262 g/mol. The molecule has 120 valence electrons. The van der Waals surface area contributed by atoms with Crippen LogP contribution in [-0.2, 0) is 4.74 Å². The quantitative estimate of drug-likeness (QED) is 0.772. The number of rotatable bonds is 7. The first-order valence-corrected chi connectivity index (χ1v) is 8.48. The number of nitrogens with zero attached hydrogens (tertiary/aromatic N) is 2. The lowest BCUT2D eigenvalue weighted by atomic mass is 9.79. The van der Waals surface area contributed by atoms with Crippen LogP contribution in [0, 0.1) is 18.8 Å². The maximum absolute atomic E-state index is 5.38. The second kappa shape index (κ2) is 7.83. The molecule has 1 aliphatic rings. The van der Waals surface area contributed by atoms with Gasteiger partial charge in [-0.05, 0) is 51.4 Å². The van der Waals surface area contributed by atoms with Gasteiger partial charge in [-0.15, -0.1) is 0 Å². The van der Waals surface area contributed by atoms with Crippen molar-refractivity contribution in [3.8, 4) is 0 Å². The summed E-state index contributed by atoms with van der Waals surface area (Å²) in [5.41, 5.74) is 1.11. The van der Waals surface area contributed by atoms with Crippen molar-refractivity contribution in [2.75, 3.05) is 25.1 Å². The van der Waals surface area contributed by atoms with E-state index in [4.69, 9.17) is 4.74 Å². The molecule has 0 bridgehead atoms. The van der Waals surface area contributed by atoms with E-state index in [2.05, 4.69) is 41.8 Å². The maximum atomic E-state index is 5.38. The maximum Gasteiger partial charge on any atom is 0.203 e. The summed E-state index contributed by atoms with van der Waals surface area (Å²) in [6, 6.07) is 0.604. The van der Waals surface area contributed by atoms with Crippen molar-refractivity contribution in [3.63, 3.8) is 0 Å². The van der Waals surface area contributed by atoms with Crippen LogP contribution in [0.2, 0.25) is 0 Å². The smallest absolute Gasteiger partial charge is 0.203 e. The Morgan fingerprint density at radius 3 is 2.86 bits per heavy atom. The Bertz CT molecular complexity index is 430. The zero-order chi connectivity index (χ0) is 15.2. The fourth-order valence-corrected chi connectivity index (χ4v) is 3.22. The number of nitrogens with one attached hydrogen (secondary N) is 1. The number of hydrogen-bond acceptors (Lipinski definition) is 3. The van der Waals surface area contributed by atoms with E-state index in [1.165, 1.54) is 19.3 Å². The Morgan fingerprint density at radius 2 is 2.14 bits per heavy atom. The summed E-state index contributed by atoms with van der Waals surface area (Å²) in [4.78, 5) is 4.66. The third-order valence-corrected chi connectivity index (χ3v) is 4.77. The van der Waals surface area contributed by atoms with Crippen LogP contribution in [0.15, 0.2) is 6.20 Å². The van der Waals surface area contributed by atoms with Crippen molar-refractivity contribution in [1.82, 2.24) is 9.55 Å². The molecule has 0 radical (unpaired) electrons. The molecule has 2 rings (SSSR count). The Morgan fingerprint density at radius 1 is 1.33 bits per heavy atom. The minimum absolute atomic E-state index is 0.604. The number of aryl methyl sites for hydroxylation is 1. The van der Waals surface area contributed by atoms with Gasteiger partial charge in [0, 0.05) is 32.0 Å². The van der Waals surface area contributed by atoms with Crippen LogP contribution in [0.5, 0.6) is 0 Å². The van der Waals surface area contributed by atoms with Crippen molar-refractivity contribution >= 4 is 5.95 Å². The lowest BCUT2D eigenvalue weighted by Crippen LogP contribution is -2.24. The SMILES string of the molecule is CCOCCCNc1nc(C)cn1C1CCC(C)C(C)C1. The number of hydrogen-bond donors (Lipinski definition) is 1. The standard InChI is InChI=1S/C17H31N3O/c1-5-21-10-6-9-18-17-19-15(4)12-20(17)16-8-7-13(2)14(3)11-16/h12-14,16H,5-11H2,1-4H3,(H,18,19). The molecular formula is C17H31N3O. The summed E-state index contributed by atoms with van der Waals surface area (Å²) in [7, 11) is 0. The Balaban J connectivity index is 1.93. The molecule has 0 amide bonds. The van der Waals surface area contributed by atoms with Gasteiger partial charge in [0.15, 0.2) is 0 Å². The fraction of sp³-hybridized carbons (Fsp3) is 0.824. The Kier molecular flexibility index (Phi) is 6.09. The van der Waals surface area contributed by atoms with Crippen molar-refractivity contribution < 1.29 is 4.74 Å². The molecule has 3 unspecified atom stereocenters. The van der Waals surface area contributed by atoms with Gasteiger partial charge in [0.05, 0.1) is 5.69 Å². The molecule has 0 spiro atoms. The molecule has 1 aromatic rings. The number of anilines is 1. The normalized spacial score (nSPS) is 26.0. The molecule has 4 heteroatoms. The Labute approximate surface area is 129 Å². The third-order valence-electron chi connectivity index (χ3n) is 4.77. The summed E-state index contributed by atoms with van der Waals surface area (Å²) >= 11 is 0. The zero-order valence-corrected chi connectivity index (χ0v) is 14.1. The first kappa shape index (κ1) is 16.3. The highest BCUT2D eigenvalue weighted by Crippen LogP contribution is 2.37. The Hall–Kier alpha value is -1.03. The van der Waals surface area contributed by atoms with Crippen LogP contribution in [0.4, 0.5) is 5.95 Å². The highest BCUT2D eigenvalue weighted by molar-refractivity contribution is 5.29. The van der Waals surface area contributed by atoms with Crippen LogP contribution in [0.1, 0.15) is 58.2 Å². The highest BCUT2D eigenvalue weighted by Gasteiger charge is 2.27. The van der Waals surface area contributed by atoms with E-state index >= 15 is 0 Å². The molecule has 1 aliphatic carbocycles. The monoisotopic (exact) mass is 293 g/mol. The molecule has 21 heavy (non-hydrogen) atoms. The molecule has 1 N–H and O–H groups in total. The number of aromatic nitrogens is 2. The summed E-state index contributed by atoms with van der Waals surface area (Å²) in [5.74, 6) is 2.70. The molecule has 3 atom stereocenters. The largest absolute Gasteiger partial charge is 0.382 e. The van der Waals surface area contributed by atoms with Crippen LogP contribution >= 0.6 is 0 Å². The van der Waals surface area contributed by atoms with Gasteiger partial charge in [-0.2, -0.15) is 0 Å². The van der Waals surface area contributed by atoms with Crippen LogP contribution < -0.4 is 5.32 Å². The second-order valence-electron chi connectivity index (χ2n) is 6.51. The van der Waals surface area contributed by atoms with E-state index in [1.807, 2.05) is 6.92 Å². The molecule has 1 aromatic heterocycles. The van der Waals surface area contributed by atoms with E-state index < -0.39 is 0 Å². The summed E-state index contributed by atoms with van der Waals surface area (Å²) in [6.45, 7) is 11.4. The van der Waals surface area contributed by atoms with Gasteiger partial charge in [-0.3, -0.25) is 0 Å². The van der Waals surface area contributed by atoms with Crippen molar-refractivity contribution in [2.45, 2.75) is 59.4 Å². The van der Waals surface area contributed by atoms with Gasteiger partial charge in [0.25, 0.3) is 0 Å². The average Bonchev–Trinajstić information content (AvgIpc) is 2.83. The zero-order valence-electron chi connectivity index (χ0n) is 14.1. The predicted octanol–water partition coefficient (Wildman–Crippen LogP) is 4.03. The van der Waals surface area contributed by atoms with Crippen LogP contribution in [0.25, 0.3) is 0 Å². The molecule has 1 heterocycles. The predicted molar refractivity (Wildman–Crippen MR) is 87.8 cm³/mol. The molecule has 0 aromatic carbocycles. The van der Waals surface area contributed by atoms with Crippen LogP contribution in [0.3, 0.4) is 0 Å². The molecule has 1 saturated carbocycles. The van der Waals surface area contributed by atoms with Gasteiger partial charge in [-0.25, -0.2) is 4.98 Å². The first-order chi connectivity index (χ1) is 10.1. The highest BCUT2D eigenvalue weighted by atomic mass is 16.5. The van der Waals surface area contributed by atoms with Gasteiger partial charge < -0.3 is 14.6 Å². The van der Waals surface area contributed by atoms with Crippen molar-refractivity contribution in [2.24, 2.45) is 11.8 Å². The minimum atomic E-state index is 0.604. The average molecular weight is 293 g/mol. The van der Waals surface area contributed by atoms with Crippen LogP contribution in [-0.4, -0.2) is 29.3 Å². The van der Waals surface area contributed by atoms with Gasteiger partial charge in [0.2, 0.25) is 5.95 Å². The van der Waals surface area contributed by atoms with E-state index in [0.29, 0.717) is 6.04 Å². The summed E-state index contributed by atoms with van der Waals surface area (Å²) in [5, 5.41) is 3.49. The first-order valence-electron chi connectivity index (χ1n) is 8.48. The third kappa shape index (κ3) is 4.47. The van der Waals surface area contributed by atoms with Crippen molar-refractivity contribution in [1.29, 1.82) is 0 Å². The fourth-order valence-electron chi connectivity index (χ4n) is 3.22. The lowest BCUT2D eigenvalue weighted by Gasteiger charge is -2.33. The van der Waals surface area contributed by atoms with Gasteiger partial charge in [0.1, 0.15) is 0 Å². The number of ether oxygens (including phenoxy) is 1. The molecule has 0 aliphatic heterocycles. The van der Waals surface area contributed by atoms with E-state index in [0.717, 1.165) is 49.7 Å². The molecule has 0 saturated heterocycles.